The second kappa shape index (κ2) is 6.60. The predicted octanol–water partition coefficient (Wildman–Crippen LogP) is 3.64. The summed E-state index contributed by atoms with van der Waals surface area (Å²) in [7, 11) is 0. The van der Waals surface area contributed by atoms with Crippen LogP contribution in [0.3, 0.4) is 0 Å². The number of carbonyl (C=O) groups is 1. The molecule has 0 saturated heterocycles. The summed E-state index contributed by atoms with van der Waals surface area (Å²) >= 11 is 3.40. The molecule has 0 aliphatic carbocycles. The number of amides is 1. The Morgan fingerprint density at radius 1 is 1.41 bits per heavy atom. The van der Waals surface area contributed by atoms with Crippen molar-refractivity contribution in [1.82, 2.24) is 5.32 Å². The van der Waals surface area contributed by atoms with Crippen molar-refractivity contribution >= 4 is 21.8 Å². The van der Waals surface area contributed by atoms with Crippen LogP contribution in [-0.2, 0) is 4.79 Å². The molecule has 1 aromatic rings. The molecule has 0 bridgehead atoms. The fourth-order valence-corrected chi connectivity index (χ4v) is 1.77. The molecule has 0 spiro atoms. The number of hydrogen-bond acceptors (Lipinski definition) is 1. The van der Waals surface area contributed by atoms with Crippen LogP contribution in [0.5, 0.6) is 0 Å². The third kappa shape index (κ3) is 5.18. The SMILES string of the molecule is C=C(C)CNC(=O)CC(C)c1ccc(Br)cc1. The van der Waals surface area contributed by atoms with Crippen LogP contribution in [0.4, 0.5) is 0 Å². The number of hydrogen-bond donors (Lipinski definition) is 1. The topological polar surface area (TPSA) is 29.1 Å². The van der Waals surface area contributed by atoms with Crippen LogP contribution in [0.2, 0.25) is 0 Å². The molecule has 0 aliphatic rings. The molecule has 17 heavy (non-hydrogen) atoms. The zero-order chi connectivity index (χ0) is 12.8. The highest BCUT2D eigenvalue weighted by Crippen LogP contribution is 2.21. The quantitative estimate of drug-likeness (QED) is 0.826. The predicted molar refractivity (Wildman–Crippen MR) is 75.0 cm³/mol. The lowest BCUT2D eigenvalue weighted by molar-refractivity contribution is -0.121. The van der Waals surface area contributed by atoms with Crippen molar-refractivity contribution in [3.63, 3.8) is 0 Å². The Labute approximate surface area is 111 Å². The first-order valence-corrected chi connectivity index (χ1v) is 6.45. The van der Waals surface area contributed by atoms with E-state index < -0.39 is 0 Å². The monoisotopic (exact) mass is 295 g/mol. The van der Waals surface area contributed by atoms with Crippen LogP contribution in [0.15, 0.2) is 40.9 Å². The van der Waals surface area contributed by atoms with Gasteiger partial charge in [0.05, 0.1) is 0 Å². The lowest BCUT2D eigenvalue weighted by atomic mass is 9.97. The fraction of sp³-hybridized carbons (Fsp3) is 0.357. The highest BCUT2D eigenvalue weighted by atomic mass is 79.9. The second-order valence-electron chi connectivity index (χ2n) is 4.39. The maximum atomic E-state index is 11.6. The number of carbonyl (C=O) groups excluding carboxylic acids is 1. The molecule has 1 aromatic carbocycles. The Morgan fingerprint density at radius 2 is 2.00 bits per heavy atom. The van der Waals surface area contributed by atoms with Gasteiger partial charge >= 0.3 is 0 Å². The van der Waals surface area contributed by atoms with Gasteiger partial charge in [-0.2, -0.15) is 0 Å². The Balaban J connectivity index is 2.48. The fourth-order valence-electron chi connectivity index (χ4n) is 1.51. The minimum atomic E-state index is 0.0726. The Morgan fingerprint density at radius 3 is 2.53 bits per heavy atom. The van der Waals surface area contributed by atoms with Gasteiger partial charge in [-0.15, -0.1) is 0 Å². The van der Waals surface area contributed by atoms with E-state index in [-0.39, 0.29) is 11.8 Å². The zero-order valence-electron chi connectivity index (χ0n) is 10.3. The van der Waals surface area contributed by atoms with E-state index in [4.69, 9.17) is 0 Å². The maximum Gasteiger partial charge on any atom is 0.220 e. The largest absolute Gasteiger partial charge is 0.352 e. The van der Waals surface area contributed by atoms with E-state index in [0.29, 0.717) is 13.0 Å². The molecule has 2 nitrogen and oxygen atoms in total. The third-order valence-corrected chi connectivity index (χ3v) is 3.05. The number of halogens is 1. The summed E-state index contributed by atoms with van der Waals surface area (Å²) in [5.74, 6) is 0.302. The van der Waals surface area contributed by atoms with Crippen LogP contribution in [0.1, 0.15) is 31.7 Å². The molecule has 1 unspecified atom stereocenters. The summed E-state index contributed by atoms with van der Waals surface area (Å²) < 4.78 is 1.06. The molecule has 1 N–H and O–H groups in total. The van der Waals surface area contributed by atoms with Gasteiger partial charge in [0.2, 0.25) is 5.91 Å². The number of nitrogens with one attached hydrogen (secondary N) is 1. The van der Waals surface area contributed by atoms with Crippen molar-refractivity contribution in [2.45, 2.75) is 26.2 Å². The van der Waals surface area contributed by atoms with Crippen molar-refractivity contribution in [1.29, 1.82) is 0 Å². The summed E-state index contributed by atoms with van der Waals surface area (Å²) in [5, 5.41) is 2.85. The van der Waals surface area contributed by atoms with Crippen LogP contribution in [0, 0.1) is 0 Å². The average Bonchev–Trinajstić information content (AvgIpc) is 2.27. The Bertz CT molecular complexity index is 397. The van der Waals surface area contributed by atoms with Gasteiger partial charge in [-0.1, -0.05) is 47.1 Å². The van der Waals surface area contributed by atoms with Crippen LogP contribution < -0.4 is 5.32 Å². The normalized spacial score (nSPS) is 11.9. The minimum Gasteiger partial charge on any atom is -0.352 e. The highest BCUT2D eigenvalue weighted by molar-refractivity contribution is 9.10. The number of rotatable bonds is 5. The van der Waals surface area contributed by atoms with E-state index in [2.05, 4.69) is 34.7 Å². The van der Waals surface area contributed by atoms with E-state index in [9.17, 15) is 4.79 Å². The molecule has 1 rings (SSSR count). The van der Waals surface area contributed by atoms with Crippen molar-refractivity contribution in [3.05, 3.63) is 46.5 Å². The van der Waals surface area contributed by atoms with Gasteiger partial charge in [-0.05, 0) is 30.5 Å². The van der Waals surface area contributed by atoms with Gasteiger partial charge in [-0.3, -0.25) is 4.79 Å². The van der Waals surface area contributed by atoms with Gasteiger partial charge < -0.3 is 5.32 Å². The second-order valence-corrected chi connectivity index (χ2v) is 5.31. The zero-order valence-corrected chi connectivity index (χ0v) is 11.9. The molecule has 0 radical (unpaired) electrons. The van der Waals surface area contributed by atoms with Gasteiger partial charge in [0.25, 0.3) is 0 Å². The van der Waals surface area contributed by atoms with Crippen molar-refractivity contribution < 1.29 is 4.79 Å². The van der Waals surface area contributed by atoms with E-state index in [1.54, 1.807) is 0 Å². The highest BCUT2D eigenvalue weighted by Gasteiger charge is 2.10. The maximum absolute atomic E-state index is 11.6. The first-order chi connectivity index (χ1) is 7.99. The minimum absolute atomic E-state index is 0.0726. The molecule has 0 saturated carbocycles. The molecule has 1 amide bonds. The van der Waals surface area contributed by atoms with Crippen molar-refractivity contribution in [2.75, 3.05) is 6.54 Å². The van der Waals surface area contributed by atoms with E-state index in [0.717, 1.165) is 10.0 Å². The lowest BCUT2D eigenvalue weighted by Crippen LogP contribution is -2.25. The van der Waals surface area contributed by atoms with Gasteiger partial charge in [0.1, 0.15) is 0 Å². The summed E-state index contributed by atoms with van der Waals surface area (Å²) in [6, 6.07) is 8.08. The lowest BCUT2D eigenvalue weighted by Gasteiger charge is -2.12. The van der Waals surface area contributed by atoms with Crippen LogP contribution in [0.25, 0.3) is 0 Å². The van der Waals surface area contributed by atoms with Crippen molar-refractivity contribution in [2.24, 2.45) is 0 Å². The molecule has 1 atom stereocenters. The average molecular weight is 296 g/mol. The third-order valence-electron chi connectivity index (χ3n) is 2.52. The summed E-state index contributed by atoms with van der Waals surface area (Å²) in [6.07, 6.45) is 0.509. The first-order valence-electron chi connectivity index (χ1n) is 5.65. The van der Waals surface area contributed by atoms with E-state index in [1.807, 2.05) is 31.2 Å². The van der Waals surface area contributed by atoms with Gasteiger partial charge in [0.15, 0.2) is 0 Å². The summed E-state index contributed by atoms with van der Waals surface area (Å²) in [4.78, 5) is 11.6. The molecular weight excluding hydrogens is 278 g/mol. The molecule has 0 aliphatic heterocycles. The molecule has 0 aromatic heterocycles. The first kappa shape index (κ1) is 14.0. The van der Waals surface area contributed by atoms with Gasteiger partial charge in [-0.25, -0.2) is 0 Å². The molecule has 0 heterocycles. The molecule has 92 valence electrons. The van der Waals surface area contributed by atoms with E-state index in [1.165, 1.54) is 5.56 Å². The van der Waals surface area contributed by atoms with Crippen LogP contribution >= 0.6 is 15.9 Å². The van der Waals surface area contributed by atoms with Gasteiger partial charge in [0, 0.05) is 17.4 Å². The summed E-state index contributed by atoms with van der Waals surface area (Å²) in [6.45, 7) is 8.28. The standard InChI is InChI=1S/C14H18BrNO/c1-10(2)9-16-14(17)8-11(3)12-4-6-13(15)7-5-12/h4-7,11H,1,8-9H2,2-3H3,(H,16,17). The van der Waals surface area contributed by atoms with E-state index >= 15 is 0 Å². The van der Waals surface area contributed by atoms with Crippen LogP contribution in [-0.4, -0.2) is 12.5 Å². The Kier molecular flexibility index (Phi) is 5.42. The summed E-state index contributed by atoms with van der Waals surface area (Å²) in [5.41, 5.74) is 2.15. The molecule has 3 heteroatoms. The smallest absolute Gasteiger partial charge is 0.220 e. The number of benzene rings is 1. The Hall–Kier alpha value is -1.09. The molecule has 0 fully saturated rings. The molecular formula is C14H18BrNO. The van der Waals surface area contributed by atoms with Crippen molar-refractivity contribution in [3.8, 4) is 0 Å².